The summed E-state index contributed by atoms with van der Waals surface area (Å²) in [5, 5.41) is 9.63. The Kier molecular flexibility index (Phi) is 4.22. The van der Waals surface area contributed by atoms with Gasteiger partial charge in [-0.25, -0.2) is 4.39 Å². The summed E-state index contributed by atoms with van der Waals surface area (Å²) in [6.45, 7) is 3.45. The molecule has 0 bridgehead atoms. The first-order valence-corrected chi connectivity index (χ1v) is 6.69. The maximum atomic E-state index is 13.7. The molecule has 4 heteroatoms. The number of rotatable bonds is 3. The van der Waals surface area contributed by atoms with Crippen LogP contribution in [0.5, 0.6) is 11.5 Å². The van der Waals surface area contributed by atoms with Crippen molar-refractivity contribution in [3.05, 3.63) is 57.8 Å². The van der Waals surface area contributed by atoms with Gasteiger partial charge >= 0.3 is 0 Å². The first-order chi connectivity index (χ1) is 8.99. The minimum absolute atomic E-state index is 0.170. The van der Waals surface area contributed by atoms with E-state index in [1.807, 2.05) is 19.1 Å². The van der Waals surface area contributed by atoms with Crippen molar-refractivity contribution in [3.63, 3.8) is 0 Å². The molecule has 100 valence electrons. The first kappa shape index (κ1) is 14.0. The molecule has 0 radical (unpaired) electrons. The average Bonchev–Trinajstić information content (AvgIpc) is 2.33. The van der Waals surface area contributed by atoms with Gasteiger partial charge in [0.2, 0.25) is 0 Å². The molecule has 2 aromatic carbocycles. The molecule has 0 aromatic heterocycles. The Balaban J connectivity index is 2.38. The normalized spacial score (nSPS) is 12.3. The number of aliphatic hydroxyl groups excluding tert-OH is 1. The maximum Gasteiger partial charge on any atom is 0.136 e. The summed E-state index contributed by atoms with van der Waals surface area (Å²) in [6, 6.07) is 10.0. The zero-order valence-electron chi connectivity index (χ0n) is 10.7. The van der Waals surface area contributed by atoms with E-state index in [9.17, 15) is 9.50 Å². The summed E-state index contributed by atoms with van der Waals surface area (Å²) in [5.74, 6) is 0.464. The molecule has 19 heavy (non-hydrogen) atoms. The molecular weight excluding hydrogens is 311 g/mol. The average molecular weight is 325 g/mol. The zero-order valence-corrected chi connectivity index (χ0v) is 12.2. The fourth-order valence-electron chi connectivity index (χ4n) is 1.82. The Morgan fingerprint density at radius 1 is 1.26 bits per heavy atom. The van der Waals surface area contributed by atoms with E-state index in [0.29, 0.717) is 11.5 Å². The van der Waals surface area contributed by atoms with Crippen molar-refractivity contribution in [1.82, 2.24) is 0 Å². The lowest BCUT2D eigenvalue weighted by Gasteiger charge is -2.14. The minimum atomic E-state index is -0.923. The number of hydrogen-bond acceptors (Lipinski definition) is 2. The van der Waals surface area contributed by atoms with Gasteiger partial charge < -0.3 is 9.84 Å². The van der Waals surface area contributed by atoms with Crippen LogP contribution < -0.4 is 4.74 Å². The van der Waals surface area contributed by atoms with Crippen LogP contribution in [-0.4, -0.2) is 5.11 Å². The summed E-state index contributed by atoms with van der Waals surface area (Å²) in [5.41, 5.74) is 1.19. The van der Waals surface area contributed by atoms with Gasteiger partial charge in [0.15, 0.2) is 0 Å². The SMILES string of the molecule is Cc1cc(Oc2cccc(F)c2[C@H](C)O)ccc1Br. The summed E-state index contributed by atoms with van der Waals surface area (Å²) >= 11 is 3.41. The van der Waals surface area contributed by atoms with Crippen LogP contribution >= 0.6 is 15.9 Å². The van der Waals surface area contributed by atoms with E-state index in [1.54, 1.807) is 18.2 Å². The van der Waals surface area contributed by atoms with Gasteiger partial charge in [-0.1, -0.05) is 22.0 Å². The molecule has 0 fully saturated rings. The number of aryl methyl sites for hydroxylation is 1. The van der Waals surface area contributed by atoms with E-state index in [-0.39, 0.29) is 5.56 Å². The van der Waals surface area contributed by atoms with Crippen molar-refractivity contribution in [2.45, 2.75) is 20.0 Å². The second-order valence-corrected chi connectivity index (χ2v) is 5.20. The molecule has 0 aliphatic heterocycles. The Labute approximate surface area is 120 Å². The largest absolute Gasteiger partial charge is 0.457 e. The molecule has 0 saturated heterocycles. The van der Waals surface area contributed by atoms with Crippen LogP contribution in [0.4, 0.5) is 4.39 Å². The molecule has 2 nitrogen and oxygen atoms in total. The molecule has 2 rings (SSSR count). The van der Waals surface area contributed by atoms with Gasteiger partial charge in [-0.05, 0) is 49.7 Å². The molecule has 1 atom stereocenters. The fourth-order valence-corrected chi connectivity index (χ4v) is 2.07. The Hall–Kier alpha value is -1.39. The van der Waals surface area contributed by atoms with E-state index in [0.717, 1.165) is 10.0 Å². The highest BCUT2D eigenvalue weighted by atomic mass is 79.9. The van der Waals surface area contributed by atoms with Gasteiger partial charge in [-0.3, -0.25) is 0 Å². The van der Waals surface area contributed by atoms with Crippen LogP contribution in [0.15, 0.2) is 40.9 Å². The second-order valence-electron chi connectivity index (χ2n) is 4.34. The lowest BCUT2D eigenvalue weighted by Crippen LogP contribution is -1.99. The molecule has 1 N–H and O–H groups in total. The minimum Gasteiger partial charge on any atom is -0.457 e. The lowest BCUT2D eigenvalue weighted by atomic mass is 10.1. The molecule has 0 unspecified atom stereocenters. The van der Waals surface area contributed by atoms with Crippen LogP contribution in [0, 0.1) is 12.7 Å². The zero-order chi connectivity index (χ0) is 14.0. The Bertz CT molecular complexity index is 597. The van der Waals surface area contributed by atoms with Gasteiger partial charge in [0.1, 0.15) is 17.3 Å². The van der Waals surface area contributed by atoms with Gasteiger partial charge in [-0.15, -0.1) is 0 Å². The molecular formula is C15H14BrFO2. The van der Waals surface area contributed by atoms with Crippen molar-refractivity contribution in [3.8, 4) is 11.5 Å². The highest BCUT2D eigenvalue weighted by Crippen LogP contribution is 2.32. The highest BCUT2D eigenvalue weighted by Gasteiger charge is 2.15. The number of benzene rings is 2. The molecule has 0 heterocycles. The predicted octanol–water partition coefficient (Wildman–Crippen LogP) is 4.74. The quantitative estimate of drug-likeness (QED) is 0.883. The molecule has 0 amide bonds. The van der Waals surface area contributed by atoms with Crippen molar-refractivity contribution in [2.24, 2.45) is 0 Å². The van der Waals surface area contributed by atoms with Crippen LogP contribution in [0.1, 0.15) is 24.2 Å². The van der Waals surface area contributed by atoms with Gasteiger partial charge in [0.05, 0.1) is 11.7 Å². The fraction of sp³-hybridized carbons (Fsp3) is 0.200. The maximum absolute atomic E-state index is 13.7. The highest BCUT2D eigenvalue weighted by molar-refractivity contribution is 9.10. The lowest BCUT2D eigenvalue weighted by molar-refractivity contribution is 0.190. The summed E-state index contributed by atoms with van der Waals surface area (Å²) in [4.78, 5) is 0. The Morgan fingerprint density at radius 3 is 2.63 bits per heavy atom. The van der Waals surface area contributed by atoms with Gasteiger partial charge in [0, 0.05) is 4.47 Å². The molecule has 0 aliphatic rings. The predicted molar refractivity (Wildman–Crippen MR) is 76.0 cm³/mol. The van der Waals surface area contributed by atoms with Crippen molar-refractivity contribution in [1.29, 1.82) is 0 Å². The number of aliphatic hydroxyl groups is 1. The van der Waals surface area contributed by atoms with Crippen molar-refractivity contribution in [2.75, 3.05) is 0 Å². The second kappa shape index (κ2) is 5.72. The van der Waals surface area contributed by atoms with Crippen molar-refractivity contribution < 1.29 is 14.2 Å². The molecule has 2 aromatic rings. The standard InChI is InChI=1S/C15H14BrFO2/c1-9-8-11(6-7-12(9)16)19-14-5-3-4-13(17)15(14)10(2)18/h3-8,10,18H,1-2H3/t10-/m0/s1. The monoisotopic (exact) mass is 324 g/mol. The van der Waals surface area contributed by atoms with Crippen LogP contribution in [-0.2, 0) is 0 Å². The van der Waals surface area contributed by atoms with Crippen LogP contribution in [0.2, 0.25) is 0 Å². The van der Waals surface area contributed by atoms with Gasteiger partial charge in [0.25, 0.3) is 0 Å². The number of halogens is 2. The van der Waals surface area contributed by atoms with Crippen molar-refractivity contribution >= 4 is 15.9 Å². The Morgan fingerprint density at radius 2 is 2.00 bits per heavy atom. The van der Waals surface area contributed by atoms with Gasteiger partial charge in [-0.2, -0.15) is 0 Å². The number of hydrogen-bond donors (Lipinski definition) is 1. The van der Waals surface area contributed by atoms with E-state index < -0.39 is 11.9 Å². The molecule has 0 saturated carbocycles. The smallest absolute Gasteiger partial charge is 0.136 e. The summed E-state index contributed by atoms with van der Waals surface area (Å²) in [6.07, 6.45) is -0.923. The van der Waals surface area contributed by atoms with Crippen LogP contribution in [0.25, 0.3) is 0 Å². The third-order valence-corrected chi connectivity index (χ3v) is 3.68. The third-order valence-electron chi connectivity index (χ3n) is 2.79. The number of ether oxygens (including phenoxy) is 1. The van der Waals surface area contributed by atoms with E-state index >= 15 is 0 Å². The first-order valence-electron chi connectivity index (χ1n) is 5.89. The third kappa shape index (κ3) is 3.14. The topological polar surface area (TPSA) is 29.5 Å². The summed E-state index contributed by atoms with van der Waals surface area (Å²) < 4.78 is 20.3. The summed E-state index contributed by atoms with van der Waals surface area (Å²) in [7, 11) is 0. The van der Waals surface area contributed by atoms with E-state index in [1.165, 1.54) is 13.0 Å². The van der Waals surface area contributed by atoms with Crippen LogP contribution in [0.3, 0.4) is 0 Å². The van der Waals surface area contributed by atoms with E-state index in [2.05, 4.69) is 15.9 Å². The molecule has 0 spiro atoms. The van der Waals surface area contributed by atoms with E-state index in [4.69, 9.17) is 4.74 Å². The molecule has 0 aliphatic carbocycles.